The zero-order valence-corrected chi connectivity index (χ0v) is 12.5. The molecule has 1 aromatic heterocycles. The third kappa shape index (κ3) is 2.43. The minimum Gasteiger partial charge on any atom is -0.465 e. The van der Waals surface area contributed by atoms with Crippen molar-refractivity contribution in [1.29, 1.82) is 0 Å². The average Bonchev–Trinajstić information content (AvgIpc) is 2.79. The molecule has 0 bridgehead atoms. The van der Waals surface area contributed by atoms with Crippen molar-refractivity contribution in [3.63, 3.8) is 0 Å². The fourth-order valence-corrected chi connectivity index (χ4v) is 2.61. The normalized spacial score (nSPS) is 10.7. The van der Waals surface area contributed by atoms with Gasteiger partial charge in [-0.3, -0.25) is 0 Å². The lowest BCUT2D eigenvalue weighted by molar-refractivity contribution is 0.0600. The molecule has 0 unspecified atom stereocenters. The molecule has 0 aliphatic rings. The van der Waals surface area contributed by atoms with Crippen molar-refractivity contribution in [3.8, 4) is 11.3 Å². The topological polar surface area (TPSA) is 44.1 Å². The van der Waals surface area contributed by atoms with E-state index in [9.17, 15) is 8.68 Å². The summed E-state index contributed by atoms with van der Waals surface area (Å²) in [7, 11) is 1.34. The molecule has 0 aliphatic carbocycles. The Kier molecular flexibility index (Phi) is 4.13. The van der Waals surface area contributed by atoms with Crippen molar-refractivity contribution in [2.24, 2.45) is 0 Å². The fourth-order valence-electron chi connectivity index (χ4n) is 2.21. The fraction of sp³-hybridized carbons (Fsp3) is 0.286. The van der Waals surface area contributed by atoms with Gasteiger partial charge in [-0.05, 0) is 43.5 Å². The van der Waals surface area contributed by atoms with Gasteiger partial charge in [0.1, 0.15) is 0 Å². The van der Waals surface area contributed by atoms with Gasteiger partial charge in [-0.1, -0.05) is 6.07 Å². The number of hydrogen-bond acceptors (Lipinski definition) is 4. The molecule has 0 saturated carbocycles. The van der Waals surface area contributed by atoms with Crippen LogP contribution in [0.4, 0.5) is 3.89 Å². The van der Waals surface area contributed by atoms with Crippen LogP contribution in [-0.4, -0.2) is 22.3 Å². The number of halogens is 1. The van der Waals surface area contributed by atoms with E-state index < -0.39 is 5.97 Å². The zero-order chi connectivity index (χ0) is 14.9. The third-order valence-electron chi connectivity index (χ3n) is 3.22. The first-order valence-electron chi connectivity index (χ1n) is 6.03. The first-order chi connectivity index (χ1) is 9.49. The van der Waals surface area contributed by atoms with Crippen LogP contribution >= 0.6 is 12.3 Å². The highest BCUT2D eigenvalue weighted by molar-refractivity contribution is 7.92. The summed E-state index contributed by atoms with van der Waals surface area (Å²) >= 11 is 0.0334. The highest BCUT2D eigenvalue weighted by Crippen LogP contribution is 2.31. The van der Waals surface area contributed by atoms with E-state index in [0.29, 0.717) is 11.3 Å². The minimum atomic E-state index is -0.402. The molecule has 106 valence electrons. The Morgan fingerprint density at radius 2 is 1.95 bits per heavy atom. The Labute approximate surface area is 121 Å². The predicted octanol–water partition coefficient (Wildman–Crippen LogP) is 3.64. The lowest BCUT2D eigenvalue weighted by Crippen LogP contribution is -2.05. The maximum Gasteiger partial charge on any atom is 0.338 e. The number of hydrogen-bond donors (Lipinski definition) is 0. The van der Waals surface area contributed by atoms with Gasteiger partial charge in [0.15, 0.2) is 12.3 Å². The van der Waals surface area contributed by atoms with E-state index in [0.717, 1.165) is 22.3 Å². The molecule has 2 rings (SSSR count). The highest BCUT2D eigenvalue weighted by atomic mass is 32.2. The van der Waals surface area contributed by atoms with Crippen LogP contribution in [0.3, 0.4) is 0 Å². The van der Waals surface area contributed by atoms with E-state index in [4.69, 9.17) is 4.74 Å². The number of ether oxygens (including phenoxy) is 1. The molecule has 1 heterocycles. The predicted molar refractivity (Wildman–Crippen MR) is 77.3 cm³/mol. The first-order valence-corrected chi connectivity index (χ1v) is 6.70. The molecule has 20 heavy (non-hydrogen) atoms. The summed E-state index contributed by atoms with van der Waals surface area (Å²) < 4.78 is 18.9. The number of carbonyl (C=O) groups excluding carboxylic acids is 1. The molecular formula is C14H15FN2O2S. The van der Waals surface area contributed by atoms with Crippen molar-refractivity contribution in [2.75, 3.05) is 7.11 Å². The molecule has 4 nitrogen and oxygen atoms in total. The van der Waals surface area contributed by atoms with Gasteiger partial charge in [0.2, 0.25) is 0 Å². The summed E-state index contributed by atoms with van der Waals surface area (Å²) in [5.74, 6) is -0.402. The Morgan fingerprint density at radius 1 is 1.25 bits per heavy atom. The highest BCUT2D eigenvalue weighted by Gasteiger charge is 2.18. The van der Waals surface area contributed by atoms with Gasteiger partial charge >= 0.3 is 5.97 Å². The van der Waals surface area contributed by atoms with E-state index in [-0.39, 0.29) is 12.3 Å². The van der Waals surface area contributed by atoms with E-state index >= 15 is 0 Å². The van der Waals surface area contributed by atoms with Crippen LogP contribution in [-0.2, 0) is 4.74 Å². The van der Waals surface area contributed by atoms with Crippen LogP contribution in [0, 0.1) is 20.8 Å². The quantitative estimate of drug-likeness (QED) is 0.811. The Bertz CT molecular complexity index is 667. The maximum atomic E-state index is 12.9. The number of nitrogens with zero attached hydrogens (tertiary/aromatic N) is 2. The number of aryl methyl sites for hydroxylation is 3. The molecule has 0 fully saturated rings. The Morgan fingerprint density at radius 3 is 2.55 bits per heavy atom. The second-order valence-electron chi connectivity index (χ2n) is 4.59. The summed E-state index contributed by atoms with van der Waals surface area (Å²) in [5, 5.41) is 3.96. The number of methoxy groups -OCH3 is 1. The van der Waals surface area contributed by atoms with Gasteiger partial charge in [0.25, 0.3) is 0 Å². The van der Waals surface area contributed by atoms with Crippen molar-refractivity contribution < 1.29 is 13.4 Å². The molecule has 6 heteroatoms. The maximum absolute atomic E-state index is 12.9. The van der Waals surface area contributed by atoms with Gasteiger partial charge in [-0.15, -0.1) is 3.89 Å². The second kappa shape index (κ2) is 5.66. The van der Waals surface area contributed by atoms with Gasteiger partial charge in [-0.25, -0.2) is 4.79 Å². The summed E-state index contributed by atoms with van der Waals surface area (Å²) in [4.78, 5) is 11.8. The number of carbonyl (C=O) groups is 1. The molecule has 1 aromatic carbocycles. The minimum absolute atomic E-state index is 0.0334. The largest absolute Gasteiger partial charge is 0.465 e. The molecule has 0 spiro atoms. The molecule has 0 saturated heterocycles. The van der Waals surface area contributed by atoms with Gasteiger partial charge in [0, 0.05) is 5.56 Å². The summed E-state index contributed by atoms with van der Waals surface area (Å²) in [6.45, 7) is 5.62. The number of esters is 1. The Hall–Kier alpha value is -1.82. The van der Waals surface area contributed by atoms with Gasteiger partial charge in [0.05, 0.1) is 24.6 Å². The van der Waals surface area contributed by atoms with Crippen LogP contribution in [0.5, 0.6) is 0 Å². The van der Waals surface area contributed by atoms with Crippen molar-refractivity contribution in [3.05, 3.63) is 40.6 Å². The number of rotatable bonds is 3. The zero-order valence-electron chi connectivity index (χ0n) is 11.7. The van der Waals surface area contributed by atoms with Gasteiger partial charge in [-0.2, -0.15) is 9.19 Å². The van der Waals surface area contributed by atoms with Crippen molar-refractivity contribution >= 4 is 18.3 Å². The molecule has 0 N–H and O–H groups in total. The lowest BCUT2D eigenvalue weighted by atomic mass is 9.96. The van der Waals surface area contributed by atoms with E-state index in [1.165, 1.54) is 11.2 Å². The van der Waals surface area contributed by atoms with E-state index in [1.54, 1.807) is 12.3 Å². The van der Waals surface area contributed by atoms with Crippen LogP contribution in [0.2, 0.25) is 0 Å². The summed E-state index contributed by atoms with van der Waals surface area (Å²) in [6, 6.07) is 3.62. The van der Waals surface area contributed by atoms with Crippen LogP contribution in [0.25, 0.3) is 11.3 Å². The van der Waals surface area contributed by atoms with Crippen LogP contribution in [0.1, 0.15) is 27.0 Å². The molecule has 0 aliphatic heterocycles. The smallest absolute Gasteiger partial charge is 0.338 e. The Balaban J connectivity index is 2.68. The van der Waals surface area contributed by atoms with Crippen LogP contribution in [0.15, 0.2) is 18.3 Å². The van der Waals surface area contributed by atoms with Gasteiger partial charge < -0.3 is 4.74 Å². The molecular weight excluding hydrogens is 279 g/mol. The van der Waals surface area contributed by atoms with E-state index in [2.05, 4.69) is 5.10 Å². The van der Waals surface area contributed by atoms with Crippen LogP contribution < -0.4 is 0 Å². The molecule has 0 radical (unpaired) electrons. The molecule has 0 amide bonds. The number of benzene rings is 1. The van der Waals surface area contributed by atoms with E-state index in [1.807, 2.05) is 26.8 Å². The summed E-state index contributed by atoms with van der Waals surface area (Å²) in [6.07, 6.45) is 1.60. The third-order valence-corrected chi connectivity index (χ3v) is 3.63. The molecule has 0 atom stereocenters. The lowest BCUT2D eigenvalue weighted by Gasteiger charge is -2.12. The standard InChI is InChI=1S/C14H15FN2O2S/c1-8-5-9(2)12(14(18)19-4)6-11(8)13-10(3)7-16-17(13)20-15/h5-7H,1-4H3. The second-order valence-corrected chi connectivity index (χ2v) is 5.08. The monoisotopic (exact) mass is 294 g/mol. The summed E-state index contributed by atoms with van der Waals surface area (Å²) in [5.41, 5.74) is 4.53. The first kappa shape index (κ1) is 14.6. The molecule has 2 aromatic rings. The van der Waals surface area contributed by atoms with Crippen molar-refractivity contribution in [2.45, 2.75) is 20.8 Å². The average molecular weight is 294 g/mol. The SMILES string of the molecule is COC(=O)c1cc(-c2c(C)cnn2SF)c(C)cc1C. The van der Waals surface area contributed by atoms with Crippen molar-refractivity contribution in [1.82, 2.24) is 9.19 Å². The number of aromatic nitrogens is 2.